The maximum absolute atomic E-state index is 15.1. The molecule has 0 bridgehead atoms. The van der Waals surface area contributed by atoms with Gasteiger partial charge in [-0.3, -0.25) is 0 Å². The molecule has 1 aliphatic carbocycles. The van der Waals surface area contributed by atoms with Crippen LogP contribution in [0.5, 0.6) is 0 Å². The quantitative estimate of drug-likeness (QED) is 0.324. The Morgan fingerprint density at radius 3 is 2.35 bits per heavy atom. The lowest BCUT2D eigenvalue weighted by Crippen LogP contribution is -2.13. The second-order valence-electron chi connectivity index (χ2n) is 8.90. The summed E-state index contributed by atoms with van der Waals surface area (Å²) in [5.41, 5.74) is 2.76. The van der Waals surface area contributed by atoms with Crippen LogP contribution in [0.4, 0.5) is 8.78 Å². The summed E-state index contributed by atoms with van der Waals surface area (Å²) in [7, 11) is 0. The van der Waals surface area contributed by atoms with Crippen molar-refractivity contribution in [1.82, 2.24) is 0 Å². The van der Waals surface area contributed by atoms with Crippen LogP contribution >= 0.6 is 11.6 Å². The number of hydrogen-bond acceptors (Lipinski definition) is 0. The summed E-state index contributed by atoms with van der Waals surface area (Å²) in [6.07, 6.45) is 10.6. The number of hydrogen-bond donors (Lipinski definition) is 0. The van der Waals surface area contributed by atoms with Crippen LogP contribution in [0.25, 0.3) is 10.8 Å². The average Bonchev–Trinajstić information content (AvgIpc) is 2.80. The first-order valence-corrected chi connectivity index (χ1v) is 11.7. The highest BCUT2D eigenvalue weighted by Crippen LogP contribution is 2.32. The van der Waals surface area contributed by atoms with Crippen molar-refractivity contribution in [3.05, 3.63) is 94.5 Å². The standard InChI is InChI=1S/C28H29ClF2/c1-2-19-3-5-20(6-4-19)7-8-21-10-15-25-24(17-21)14-13-23(28(25)31)12-9-22-11-16-26(29)27(30)18-22/h2,10-11,13-20H,1,3-9,12H2. The molecule has 3 heteroatoms. The molecule has 0 atom stereocenters. The number of fused-ring (bicyclic) bond motifs is 1. The largest absolute Gasteiger partial charge is 0.206 e. The smallest absolute Gasteiger partial charge is 0.142 e. The van der Waals surface area contributed by atoms with Crippen molar-refractivity contribution in [3.8, 4) is 0 Å². The Kier molecular flexibility index (Phi) is 7.07. The van der Waals surface area contributed by atoms with E-state index in [0.29, 0.717) is 29.7 Å². The van der Waals surface area contributed by atoms with Gasteiger partial charge in [-0.2, -0.15) is 0 Å². The van der Waals surface area contributed by atoms with Gasteiger partial charge in [-0.05, 0) is 97.4 Å². The van der Waals surface area contributed by atoms with Crippen LogP contribution in [0, 0.1) is 23.5 Å². The molecule has 0 unspecified atom stereocenters. The lowest BCUT2D eigenvalue weighted by atomic mass is 9.79. The third-order valence-corrected chi connectivity index (χ3v) is 7.14. The summed E-state index contributed by atoms with van der Waals surface area (Å²) in [5, 5.41) is 1.72. The van der Waals surface area contributed by atoms with Crippen LogP contribution in [0.15, 0.2) is 61.2 Å². The molecule has 0 N–H and O–H groups in total. The zero-order chi connectivity index (χ0) is 21.8. The predicted molar refractivity (Wildman–Crippen MR) is 127 cm³/mol. The Labute approximate surface area is 188 Å². The highest BCUT2D eigenvalue weighted by Gasteiger charge is 2.19. The molecule has 162 valence electrons. The number of allylic oxidation sites excluding steroid dienone is 1. The zero-order valence-corrected chi connectivity index (χ0v) is 18.6. The molecular weight excluding hydrogens is 410 g/mol. The van der Waals surface area contributed by atoms with Gasteiger partial charge in [-0.1, -0.05) is 54.1 Å². The second kappa shape index (κ2) is 9.96. The monoisotopic (exact) mass is 438 g/mol. The van der Waals surface area contributed by atoms with Gasteiger partial charge in [0.2, 0.25) is 0 Å². The minimum Gasteiger partial charge on any atom is -0.206 e. The molecule has 1 aliphatic rings. The van der Waals surface area contributed by atoms with Gasteiger partial charge < -0.3 is 0 Å². The Bertz CT molecular complexity index is 1060. The summed E-state index contributed by atoms with van der Waals surface area (Å²) >= 11 is 5.74. The molecule has 4 rings (SSSR count). The van der Waals surface area contributed by atoms with Gasteiger partial charge in [-0.25, -0.2) is 8.78 Å². The van der Waals surface area contributed by atoms with Gasteiger partial charge in [0.15, 0.2) is 0 Å². The van der Waals surface area contributed by atoms with Gasteiger partial charge in [0.1, 0.15) is 11.6 Å². The fraction of sp³-hybridized carbons (Fsp3) is 0.357. The van der Waals surface area contributed by atoms with Crippen LogP contribution in [0.2, 0.25) is 5.02 Å². The first kappa shape index (κ1) is 22.0. The molecule has 3 aromatic carbocycles. The first-order valence-electron chi connectivity index (χ1n) is 11.3. The highest BCUT2D eigenvalue weighted by atomic mass is 35.5. The molecule has 0 amide bonds. The van der Waals surface area contributed by atoms with Crippen molar-refractivity contribution < 1.29 is 8.78 Å². The molecule has 0 saturated heterocycles. The third-order valence-electron chi connectivity index (χ3n) is 6.83. The normalized spacial score (nSPS) is 18.9. The van der Waals surface area contributed by atoms with E-state index < -0.39 is 5.82 Å². The number of benzene rings is 3. The summed E-state index contributed by atoms with van der Waals surface area (Å²) < 4.78 is 28.7. The van der Waals surface area contributed by atoms with E-state index in [1.807, 2.05) is 18.2 Å². The van der Waals surface area contributed by atoms with E-state index in [0.717, 1.165) is 23.3 Å². The van der Waals surface area contributed by atoms with Gasteiger partial charge in [0.05, 0.1) is 5.02 Å². The molecule has 1 saturated carbocycles. The summed E-state index contributed by atoms with van der Waals surface area (Å²) in [6.45, 7) is 3.93. The molecule has 1 fully saturated rings. The predicted octanol–water partition coefficient (Wildman–Crippen LogP) is 8.48. The summed E-state index contributed by atoms with van der Waals surface area (Å²) in [6, 6.07) is 14.8. The zero-order valence-electron chi connectivity index (χ0n) is 17.8. The first-order chi connectivity index (χ1) is 15.0. The highest BCUT2D eigenvalue weighted by molar-refractivity contribution is 6.30. The van der Waals surface area contributed by atoms with Crippen molar-refractivity contribution >= 4 is 22.4 Å². The Hall–Kier alpha value is -2.19. The Morgan fingerprint density at radius 2 is 1.61 bits per heavy atom. The molecule has 0 spiro atoms. The molecule has 0 radical (unpaired) electrons. The van der Waals surface area contributed by atoms with E-state index in [2.05, 4.69) is 24.8 Å². The van der Waals surface area contributed by atoms with Gasteiger partial charge in [-0.15, -0.1) is 6.58 Å². The molecule has 0 aromatic heterocycles. The van der Waals surface area contributed by atoms with Crippen LogP contribution in [-0.2, 0) is 19.3 Å². The SMILES string of the molecule is C=CC1CCC(CCc2ccc3c(F)c(CCc4ccc(Cl)c(F)c4)ccc3c2)CC1. The molecule has 0 nitrogen and oxygen atoms in total. The Morgan fingerprint density at radius 1 is 0.871 bits per heavy atom. The van der Waals surface area contributed by atoms with E-state index in [1.165, 1.54) is 43.7 Å². The van der Waals surface area contributed by atoms with Crippen LogP contribution in [0.3, 0.4) is 0 Å². The molecule has 3 aromatic rings. The van der Waals surface area contributed by atoms with E-state index in [9.17, 15) is 4.39 Å². The topological polar surface area (TPSA) is 0 Å². The molecule has 0 heterocycles. The van der Waals surface area contributed by atoms with Gasteiger partial charge >= 0.3 is 0 Å². The van der Waals surface area contributed by atoms with Crippen molar-refractivity contribution in [3.63, 3.8) is 0 Å². The van der Waals surface area contributed by atoms with E-state index in [-0.39, 0.29) is 10.8 Å². The maximum Gasteiger partial charge on any atom is 0.142 e. The van der Waals surface area contributed by atoms with Crippen LogP contribution in [0.1, 0.15) is 48.8 Å². The number of rotatable bonds is 7. The minimum absolute atomic E-state index is 0.112. The lowest BCUT2D eigenvalue weighted by Gasteiger charge is -2.26. The summed E-state index contributed by atoms with van der Waals surface area (Å²) in [4.78, 5) is 0. The van der Waals surface area contributed by atoms with Crippen molar-refractivity contribution in [2.75, 3.05) is 0 Å². The number of halogens is 3. The molecular formula is C28H29ClF2. The third kappa shape index (κ3) is 5.36. The maximum atomic E-state index is 15.1. The molecule has 0 aliphatic heterocycles. The van der Waals surface area contributed by atoms with E-state index in [1.54, 1.807) is 12.1 Å². The minimum atomic E-state index is -0.431. The fourth-order valence-electron chi connectivity index (χ4n) is 4.79. The number of aryl methyl sites for hydroxylation is 3. The fourth-order valence-corrected chi connectivity index (χ4v) is 4.91. The van der Waals surface area contributed by atoms with E-state index >= 15 is 4.39 Å². The molecule has 31 heavy (non-hydrogen) atoms. The second-order valence-corrected chi connectivity index (χ2v) is 9.31. The van der Waals surface area contributed by atoms with Crippen LogP contribution < -0.4 is 0 Å². The average molecular weight is 439 g/mol. The van der Waals surface area contributed by atoms with Crippen molar-refractivity contribution in [1.29, 1.82) is 0 Å². The van der Waals surface area contributed by atoms with Crippen molar-refractivity contribution in [2.24, 2.45) is 11.8 Å². The van der Waals surface area contributed by atoms with Crippen LogP contribution in [-0.4, -0.2) is 0 Å². The summed E-state index contributed by atoms with van der Waals surface area (Å²) in [5.74, 6) is 0.900. The Balaban J connectivity index is 1.40. The van der Waals surface area contributed by atoms with Gasteiger partial charge in [0.25, 0.3) is 0 Å². The van der Waals surface area contributed by atoms with Gasteiger partial charge in [0, 0.05) is 5.39 Å². The lowest BCUT2D eigenvalue weighted by molar-refractivity contribution is 0.296. The van der Waals surface area contributed by atoms with E-state index in [4.69, 9.17) is 11.6 Å². The van der Waals surface area contributed by atoms with Crippen molar-refractivity contribution in [2.45, 2.75) is 51.4 Å².